The number of halogens is 2. The average molecular weight is 303 g/mol. The summed E-state index contributed by atoms with van der Waals surface area (Å²) in [7, 11) is 0. The van der Waals surface area contributed by atoms with Gasteiger partial charge in [0.15, 0.2) is 10.3 Å². The van der Waals surface area contributed by atoms with Crippen LogP contribution in [0.4, 0.5) is 0 Å². The van der Waals surface area contributed by atoms with E-state index < -0.39 is 0 Å². The van der Waals surface area contributed by atoms with E-state index >= 15 is 0 Å². The Hall–Kier alpha value is -0.910. The van der Waals surface area contributed by atoms with Crippen LogP contribution in [-0.2, 0) is 0 Å². The molecule has 1 aromatic heterocycles. The molecule has 104 valence electrons. The number of nitrogens with zero attached hydrogens (tertiary/aromatic N) is 3. The molecule has 1 saturated heterocycles. The van der Waals surface area contributed by atoms with Crippen molar-refractivity contribution in [3.05, 3.63) is 21.9 Å². The topological polar surface area (TPSA) is 58.1 Å². The van der Waals surface area contributed by atoms with E-state index in [2.05, 4.69) is 27.3 Å². The minimum atomic E-state index is -0.271. The smallest absolute Gasteiger partial charge is 0.254 e. The zero-order valence-electron chi connectivity index (χ0n) is 10.7. The molecule has 1 fully saturated rings. The molecule has 1 N–H and O–H groups in total. The SMILES string of the molecule is CC(CNC(=O)c1cc(Cl)nnc1Cl)N1CCCC1. The molecule has 1 unspecified atom stereocenters. The predicted molar refractivity (Wildman–Crippen MR) is 74.7 cm³/mol. The molecule has 0 radical (unpaired) electrons. The lowest BCUT2D eigenvalue weighted by Crippen LogP contribution is -2.40. The van der Waals surface area contributed by atoms with Crippen molar-refractivity contribution in [2.75, 3.05) is 19.6 Å². The molecule has 5 nitrogen and oxygen atoms in total. The monoisotopic (exact) mass is 302 g/mol. The minimum absolute atomic E-state index is 0.0655. The molecule has 7 heteroatoms. The molecule has 0 saturated carbocycles. The van der Waals surface area contributed by atoms with Gasteiger partial charge in [-0.25, -0.2) is 0 Å². The Labute approximate surface area is 122 Å². The van der Waals surface area contributed by atoms with Gasteiger partial charge in [0.1, 0.15) is 0 Å². The number of hydrogen-bond acceptors (Lipinski definition) is 4. The maximum absolute atomic E-state index is 12.0. The van der Waals surface area contributed by atoms with Crippen LogP contribution in [0.3, 0.4) is 0 Å². The summed E-state index contributed by atoms with van der Waals surface area (Å²) in [6, 6.07) is 1.74. The summed E-state index contributed by atoms with van der Waals surface area (Å²) < 4.78 is 0. The van der Waals surface area contributed by atoms with E-state index in [1.807, 2.05) is 0 Å². The highest BCUT2D eigenvalue weighted by atomic mass is 35.5. The number of amides is 1. The zero-order chi connectivity index (χ0) is 13.8. The van der Waals surface area contributed by atoms with Crippen molar-refractivity contribution >= 4 is 29.1 Å². The summed E-state index contributed by atoms with van der Waals surface area (Å²) in [4.78, 5) is 14.4. The predicted octanol–water partition coefficient (Wildman–Crippen LogP) is 2.00. The Bertz CT molecular complexity index is 463. The fraction of sp³-hybridized carbons (Fsp3) is 0.583. The summed E-state index contributed by atoms with van der Waals surface area (Å²) in [6.07, 6.45) is 2.46. The van der Waals surface area contributed by atoms with Gasteiger partial charge in [-0.15, -0.1) is 10.2 Å². The van der Waals surface area contributed by atoms with Gasteiger partial charge in [-0.3, -0.25) is 9.69 Å². The van der Waals surface area contributed by atoms with Gasteiger partial charge in [-0.2, -0.15) is 0 Å². The van der Waals surface area contributed by atoms with Crippen molar-refractivity contribution in [2.45, 2.75) is 25.8 Å². The number of likely N-dealkylation sites (tertiary alicyclic amines) is 1. The molecule has 0 bridgehead atoms. The van der Waals surface area contributed by atoms with Crippen LogP contribution in [0, 0.1) is 0 Å². The van der Waals surface area contributed by atoms with E-state index in [1.165, 1.54) is 18.9 Å². The molecule has 1 amide bonds. The van der Waals surface area contributed by atoms with E-state index in [9.17, 15) is 4.79 Å². The average Bonchev–Trinajstić information content (AvgIpc) is 2.92. The quantitative estimate of drug-likeness (QED) is 0.924. The zero-order valence-corrected chi connectivity index (χ0v) is 12.2. The van der Waals surface area contributed by atoms with Crippen molar-refractivity contribution in [3.8, 4) is 0 Å². The van der Waals surface area contributed by atoms with E-state index in [-0.39, 0.29) is 21.8 Å². The summed E-state index contributed by atoms with van der Waals surface area (Å²) in [5.74, 6) is -0.271. The second-order valence-corrected chi connectivity index (χ2v) is 5.42. The number of carbonyl (C=O) groups is 1. The first kappa shape index (κ1) is 14.5. The fourth-order valence-corrected chi connectivity index (χ4v) is 2.48. The molecule has 1 aliphatic rings. The van der Waals surface area contributed by atoms with E-state index in [4.69, 9.17) is 23.2 Å². The molecule has 0 aliphatic carbocycles. The highest BCUT2D eigenvalue weighted by Gasteiger charge is 2.19. The Morgan fingerprint density at radius 3 is 2.79 bits per heavy atom. The van der Waals surface area contributed by atoms with E-state index in [0.717, 1.165) is 13.1 Å². The van der Waals surface area contributed by atoms with Crippen LogP contribution in [0.25, 0.3) is 0 Å². The molecule has 2 heterocycles. The lowest BCUT2D eigenvalue weighted by atomic mass is 10.2. The van der Waals surface area contributed by atoms with Gasteiger partial charge in [-0.05, 0) is 38.9 Å². The highest BCUT2D eigenvalue weighted by molar-refractivity contribution is 6.34. The maximum Gasteiger partial charge on any atom is 0.254 e. The number of nitrogens with one attached hydrogen (secondary N) is 1. The first-order valence-corrected chi connectivity index (χ1v) is 7.04. The Kier molecular flexibility index (Phi) is 4.96. The Morgan fingerprint density at radius 2 is 2.11 bits per heavy atom. The van der Waals surface area contributed by atoms with Crippen LogP contribution >= 0.6 is 23.2 Å². The lowest BCUT2D eigenvalue weighted by Gasteiger charge is -2.23. The fourth-order valence-electron chi connectivity index (χ4n) is 2.16. The molecular weight excluding hydrogens is 287 g/mol. The summed E-state index contributed by atoms with van der Waals surface area (Å²) in [6.45, 7) is 4.88. The van der Waals surface area contributed by atoms with Crippen molar-refractivity contribution in [2.24, 2.45) is 0 Å². The molecule has 0 spiro atoms. The number of aromatic nitrogens is 2. The normalized spacial score (nSPS) is 17.4. The number of hydrogen-bond donors (Lipinski definition) is 1. The molecule has 1 aromatic rings. The van der Waals surface area contributed by atoms with Crippen molar-refractivity contribution < 1.29 is 4.79 Å². The summed E-state index contributed by atoms with van der Waals surface area (Å²) in [5, 5.41) is 10.3. The molecule has 1 atom stereocenters. The van der Waals surface area contributed by atoms with Crippen LogP contribution < -0.4 is 5.32 Å². The second-order valence-electron chi connectivity index (χ2n) is 4.67. The van der Waals surface area contributed by atoms with Gasteiger partial charge >= 0.3 is 0 Å². The largest absolute Gasteiger partial charge is 0.350 e. The van der Waals surface area contributed by atoms with Gasteiger partial charge in [-0.1, -0.05) is 23.2 Å². The number of rotatable bonds is 4. The molecule has 1 aliphatic heterocycles. The molecule has 19 heavy (non-hydrogen) atoms. The van der Waals surface area contributed by atoms with Gasteiger partial charge < -0.3 is 5.32 Å². The van der Waals surface area contributed by atoms with Crippen LogP contribution in [0.2, 0.25) is 10.3 Å². The van der Waals surface area contributed by atoms with Crippen LogP contribution in [0.5, 0.6) is 0 Å². The summed E-state index contributed by atoms with van der Waals surface area (Å²) in [5.41, 5.74) is 0.260. The van der Waals surface area contributed by atoms with Crippen LogP contribution in [0.1, 0.15) is 30.1 Å². The minimum Gasteiger partial charge on any atom is -0.350 e. The highest BCUT2D eigenvalue weighted by Crippen LogP contribution is 2.15. The van der Waals surface area contributed by atoms with Crippen molar-refractivity contribution in [3.63, 3.8) is 0 Å². The van der Waals surface area contributed by atoms with Crippen molar-refractivity contribution in [1.82, 2.24) is 20.4 Å². The van der Waals surface area contributed by atoms with Crippen LogP contribution in [0.15, 0.2) is 6.07 Å². The van der Waals surface area contributed by atoms with Gasteiger partial charge in [0.2, 0.25) is 0 Å². The third kappa shape index (κ3) is 3.78. The number of carbonyl (C=O) groups excluding carboxylic acids is 1. The molecular formula is C12H16Cl2N4O. The summed E-state index contributed by atoms with van der Waals surface area (Å²) >= 11 is 11.5. The molecule has 0 aromatic carbocycles. The first-order chi connectivity index (χ1) is 9.08. The lowest BCUT2D eigenvalue weighted by molar-refractivity contribution is 0.0940. The van der Waals surface area contributed by atoms with E-state index in [0.29, 0.717) is 12.6 Å². The second kappa shape index (κ2) is 6.50. The van der Waals surface area contributed by atoms with Gasteiger partial charge in [0.05, 0.1) is 5.56 Å². The standard InChI is InChI=1S/C12H16Cl2N4O/c1-8(18-4-2-3-5-18)7-15-12(19)9-6-10(13)16-17-11(9)14/h6,8H,2-5,7H2,1H3,(H,15,19). The Balaban J connectivity index is 1.91. The maximum atomic E-state index is 12.0. The Morgan fingerprint density at radius 1 is 1.42 bits per heavy atom. The van der Waals surface area contributed by atoms with Crippen molar-refractivity contribution in [1.29, 1.82) is 0 Å². The van der Waals surface area contributed by atoms with E-state index in [1.54, 1.807) is 0 Å². The molecule has 2 rings (SSSR count). The van der Waals surface area contributed by atoms with Crippen LogP contribution in [-0.4, -0.2) is 46.7 Å². The third-order valence-electron chi connectivity index (χ3n) is 3.29. The van der Waals surface area contributed by atoms with Gasteiger partial charge in [0.25, 0.3) is 5.91 Å². The first-order valence-electron chi connectivity index (χ1n) is 6.29. The third-order valence-corrected chi connectivity index (χ3v) is 3.75. The van der Waals surface area contributed by atoms with Gasteiger partial charge in [0, 0.05) is 12.6 Å².